The molecule has 9 nitrogen and oxygen atoms in total. The topological polar surface area (TPSA) is 133 Å². The second-order valence-electron chi connectivity index (χ2n) is 6.97. The van der Waals surface area contributed by atoms with E-state index in [-0.39, 0.29) is 11.5 Å². The number of nitrogens with zero attached hydrogens (tertiary/aromatic N) is 2. The summed E-state index contributed by atoms with van der Waals surface area (Å²) in [4.78, 5) is 30.6. The molecule has 3 rings (SSSR count). The fraction of sp³-hybridized carbons (Fsp3) is 0.250. The van der Waals surface area contributed by atoms with E-state index in [1.807, 2.05) is 6.92 Å². The first kappa shape index (κ1) is 27.9. The average molecular weight is 507 g/mol. The van der Waals surface area contributed by atoms with Gasteiger partial charge in [0, 0.05) is 35.1 Å². The summed E-state index contributed by atoms with van der Waals surface area (Å²) in [5, 5.41) is 8.42. The van der Waals surface area contributed by atoms with Gasteiger partial charge in [-0.2, -0.15) is 13.2 Å². The highest BCUT2D eigenvalue weighted by atomic mass is 19.4. The van der Waals surface area contributed by atoms with E-state index < -0.39 is 12.1 Å². The Bertz CT molecular complexity index is 1290. The van der Waals surface area contributed by atoms with Gasteiger partial charge in [0.1, 0.15) is 17.3 Å². The van der Waals surface area contributed by atoms with E-state index in [9.17, 15) is 18.0 Å². The molecule has 0 aliphatic carbocycles. The molecular weight excluding hydrogens is 483 g/mol. The van der Waals surface area contributed by atoms with Crippen molar-refractivity contribution in [3.8, 4) is 17.2 Å². The third-order valence-corrected chi connectivity index (χ3v) is 4.77. The monoisotopic (exact) mass is 507 g/mol. The summed E-state index contributed by atoms with van der Waals surface area (Å²) < 4.78 is 48.1. The number of carbonyl (C=O) groups is 2. The van der Waals surface area contributed by atoms with Crippen molar-refractivity contribution < 1.29 is 42.1 Å². The van der Waals surface area contributed by atoms with E-state index in [1.54, 1.807) is 56.8 Å². The SMILES string of the molecule is CCOc1cccc(C(=O)c2ncc(C(N)=NC)c3cc(OC)c(OC)cc23)c1.O=C(O)C(F)(F)F. The van der Waals surface area contributed by atoms with Gasteiger partial charge in [-0.3, -0.25) is 14.8 Å². The number of rotatable bonds is 7. The molecule has 3 aromatic rings. The van der Waals surface area contributed by atoms with Crippen LogP contribution in [0.15, 0.2) is 47.6 Å². The normalized spacial score (nSPS) is 11.4. The first-order chi connectivity index (χ1) is 17.0. The first-order valence-electron chi connectivity index (χ1n) is 10.3. The predicted molar refractivity (Wildman–Crippen MR) is 126 cm³/mol. The molecule has 3 N–H and O–H groups in total. The molecule has 12 heteroatoms. The molecule has 0 saturated heterocycles. The lowest BCUT2D eigenvalue weighted by Gasteiger charge is -2.14. The number of amidine groups is 1. The van der Waals surface area contributed by atoms with Crippen molar-refractivity contribution >= 4 is 28.4 Å². The average Bonchev–Trinajstić information content (AvgIpc) is 2.86. The molecule has 0 spiro atoms. The van der Waals surface area contributed by atoms with Crippen LogP contribution in [0.5, 0.6) is 17.2 Å². The number of ether oxygens (including phenoxy) is 3. The van der Waals surface area contributed by atoms with Gasteiger partial charge in [-0.25, -0.2) is 4.79 Å². The van der Waals surface area contributed by atoms with Crippen LogP contribution in [0.2, 0.25) is 0 Å². The van der Waals surface area contributed by atoms with E-state index in [2.05, 4.69) is 9.98 Å². The molecule has 0 atom stereocenters. The second-order valence-corrected chi connectivity index (χ2v) is 6.97. The fourth-order valence-corrected chi connectivity index (χ4v) is 3.10. The number of halogens is 3. The predicted octanol–water partition coefficient (Wildman–Crippen LogP) is 3.85. The van der Waals surface area contributed by atoms with Gasteiger partial charge in [0.2, 0.25) is 5.78 Å². The molecule has 1 heterocycles. The number of fused-ring (bicyclic) bond motifs is 1. The highest BCUT2D eigenvalue weighted by Crippen LogP contribution is 2.35. The van der Waals surface area contributed by atoms with Gasteiger partial charge >= 0.3 is 12.1 Å². The maximum atomic E-state index is 13.3. The van der Waals surface area contributed by atoms with E-state index in [1.165, 1.54) is 7.11 Å². The van der Waals surface area contributed by atoms with Crippen LogP contribution in [0.1, 0.15) is 28.5 Å². The third-order valence-electron chi connectivity index (χ3n) is 4.77. The summed E-state index contributed by atoms with van der Waals surface area (Å²) in [6.45, 7) is 2.40. The Morgan fingerprint density at radius 3 is 2.17 bits per heavy atom. The van der Waals surface area contributed by atoms with E-state index in [4.69, 9.17) is 29.8 Å². The molecule has 0 aliphatic heterocycles. The molecular formula is C24H24F3N3O6. The highest BCUT2D eigenvalue weighted by Gasteiger charge is 2.38. The number of aromatic nitrogens is 1. The third kappa shape index (κ3) is 6.40. The molecule has 0 saturated carbocycles. The molecule has 0 fully saturated rings. The number of alkyl halides is 3. The zero-order chi connectivity index (χ0) is 27.0. The zero-order valence-corrected chi connectivity index (χ0v) is 19.8. The number of ketones is 1. The van der Waals surface area contributed by atoms with Crippen LogP contribution >= 0.6 is 0 Å². The number of aliphatic imine (C=N–C) groups is 1. The number of benzene rings is 2. The number of methoxy groups -OCH3 is 2. The first-order valence-corrected chi connectivity index (χ1v) is 10.3. The molecule has 2 aromatic carbocycles. The number of carboxylic acids is 1. The number of nitrogens with two attached hydrogens (primary N) is 1. The quantitative estimate of drug-likeness (QED) is 0.280. The molecule has 36 heavy (non-hydrogen) atoms. The molecule has 0 radical (unpaired) electrons. The highest BCUT2D eigenvalue weighted by molar-refractivity contribution is 6.19. The number of hydrogen-bond acceptors (Lipinski definition) is 7. The maximum Gasteiger partial charge on any atom is 0.490 e. The van der Waals surface area contributed by atoms with Gasteiger partial charge in [0.05, 0.1) is 20.8 Å². The Labute approximate surface area is 204 Å². The summed E-state index contributed by atoms with van der Waals surface area (Å²) >= 11 is 0. The molecule has 1 aromatic heterocycles. The molecule has 0 aliphatic rings. The van der Waals surface area contributed by atoms with E-state index in [0.29, 0.717) is 51.6 Å². The molecule has 192 valence electrons. The Kier molecular flexibility index (Phi) is 9.19. The number of carbonyl (C=O) groups excluding carboxylic acids is 1. The molecule has 0 unspecified atom stereocenters. The number of pyridine rings is 1. The lowest BCUT2D eigenvalue weighted by atomic mass is 9.98. The summed E-state index contributed by atoms with van der Waals surface area (Å²) in [6, 6.07) is 10.5. The van der Waals surface area contributed by atoms with E-state index in [0.717, 1.165) is 0 Å². The van der Waals surface area contributed by atoms with Crippen LogP contribution in [0, 0.1) is 0 Å². The Hall–Kier alpha value is -4.35. The molecule has 0 bridgehead atoms. The smallest absolute Gasteiger partial charge is 0.490 e. The van der Waals surface area contributed by atoms with Crippen LogP contribution in [0.4, 0.5) is 13.2 Å². The number of aliphatic carboxylic acids is 1. The minimum Gasteiger partial charge on any atom is -0.494 e. The summed E-state index contributed by atoms with van der Waals surface area (Å²) in [5.41, 5.74) is 7.42. The standard InChI is InChI=1S/C22H23N3O4.C2HF3O2/c1-5-29-14-8-6-7-13(9-14)21(26)20-16-11-19(28-4)18(27-3)10-15(16)17(12-25-20)22(23)24-2;3-2(4,5)1(6)7/h6-12H,5H2,1-4H3,(H2,23,24);(H,6,7). The summed E-state index contributed by atoms with van der Waals surface area (Å²) in [7, 11) is 4.68. The van der Waals surface area contributed by atoms with Gasteiger partial charge in [-0.05, 0) is 31.2 Å². The van der Waals surface area contributed by atoms with Crippen molar-refractivity contribution in [2.24, 2.45) is 10.7 Å². The van der Waals surface area contributed by atoms with Crippen molar-refractivity contribution in [1.82, 2.24) is 4.98 Å². The summed E-state index contributed by atoms with van der Waals surface area (Å²) in [6.07, 6.45) is -3.53. The Balaban J connectivity index is 0.000000572. The van der Waals surface area contributed by atoms with Gasteiger partial charge in [-0.15, -0.1) is 0 Å². The van der Waals surface area contributed by atoms with Gasteiger partial charge in [0.25, 0.3) is 0 Å². The van der Waals surface area contributed by atoms with Crippen molar-refractivity contribution in [3.63, 3.8) is 0 Å². The van der Waals surface area contributed by atoms with Crippen molar-refractivity contribution in [2.75, 3.05) is 27.9 Å². The fourth-order valence-electron chi connectivity index (χ4n) is 3.10. The van der Waals surface area contributed by atoms with Gasteiger partial charge in [0.15, 0.2) is 11.5 Å². The van der Waals surface area contributed by atoms with Crippen LogP contribution in [0.3, 0.4) is 0 Å². The zero-order valence-electron chi connectivity index (χ0n) is 19.8. The van der Waals surface area contributed by atoms with E-state index >= 15 is 0 Å². The van der Waals surface area contributed by atoms with Crippen LogP contribution in [-0.2, 0) is 4.79 Å². The molecule has 0 amide bonds. The van der Waals surface area contributed by atoms with Crippen molar-refractivity contribution in [2.45, 2.75) is 13.1 Å². The van der Waals surface area contributed by atoms with Gasteiger partial charge < -0.3 is 25.1 Å². The largest absolute Gasteiger partial charge is 0.494 e. The van der Waals surface area contributed by atoms with Gasteiger partial charge in [-0.1, -0.05) is 12.1 Å². The lowest BCUT2D eigenvalue weighted by Crippen LogP contribution is -2.21. The Morgan fingerprint density at radius 1 is 1.08 bits per heavy atom. The number of carboxylic acid groups (broad SMARTS) is 1. The maximum absolute atomic E-state index is 13.3. The lowest BCUT2D eigenvalue weighted by molar-refractivity contribution is -0.192. The van der Waals surface area contributed by atoms with Crippen LogP contribution < -0.4 is 19.9 Å². The number of hydrogen-bond donors (Lipinski definition) is 2. The van der Waals surface area contributed by atoms with Crippen molar-refractivity contribution in [1.29, 1.82) is 0 Å². The van der Waals surface area contributed by atoms with Crippen molar-refractivity contribution in [3.05, 3.63) is 59.4 Å². The minimum absolute atomic E-state index is 0.234. The van der Waals surface area contributed by atoms with Crippen LogP contribution in [-0.4, -0.2) is 61.7 Å². The van der Waals surface area contributed by atoms with Crippen LogP contribution in [0.25, 0.3) is 10.8 Å². The minimum atomic E-state index is -5.08. The summed E-state index contributed by atoms with van der Waals surface area (Å²) in [5.74, 6) is -1.04. The Morgan fingerprint density at radius 2 is 1.67 bits per heavy atom. The second kappa shape index (κ2) is 11.9.